The van der Waals surface area contributed by atoms with Crippen LogP contribution in [0.4, 0.5) is 14.9 Å². The average molecular weight is 422 g/mol. The molecule has 1 aromatic heterocycles. The number of urea groups is 1. The van der Waals surface area contributed by atoms with Gasteiger partial charge in [0, 0.05) is 17.7 Å². The van der Waals surface area contributed by atoms with Gasteiger partial charge in [-0.05, 0) is 42.8 Å². The molecule has 0 atom stereocenters. The second-order valence-electron chi connectivity index (χ2n) is 6.99. The first kappa shape index (κ1) is 20.3. The number of benzene rings is 2. The second-order valence-corrected chi connectivity index (χ2v) is 6.99. The Labute approximate surface area is 176 Å². The summed E-state index contributed by atoms with van der Waals surface area (Å²) in [4.78, 5) is 46.0. The van der Waals surface area contributed by atoms with Crippen molar-refractivity contribution in [3.8, 4) is 11.4 Å². The number of hydrogen-bond donors (Lipinski definition) is 2. The number of para-hydroxylation sites is 1. The van der Waals surface area contributed by atoms with Crippen LogP contribution in [0.25, 0.3) is 11.4 Å². The monoisotopic (exact) mass is 422 g/mol. The van der Waals surface area contributed by atoms with Gasteiger partial charge in [0.05, 0.1) is 30.6 Å². The van der Waals surface area contributed by atoms with Crippen molar-refractivity contribution in [3.05, 3.63) is 81.5 Å². The van der Waals surface area contributed by atoms with Gasteiger partial charge in [-0.2, -0.15) is 0 Å². The molecule has 2 aromatic carbocycles. The van der Waals surface area contributed by atoms with Crippen molar-refractivity contribution in [1.29, 1.82) is 0 Å². The van der Waals surface area contributed by atoms with Gasteiger partial charge >= 0.3 is 12.0 Å². The summed E-state index contributed by atoms with van der Waals surface area (Å²) >= 11 is 0. The fourth-order valence-corrected chi connectivity index (χ4v) is 3.43. The lowest BCUT2D eigenvalue weighted by atomic mass is 10.1. The summed E-state index contributed by atoms with van der Waals surface area (Å²) < 4.78 is 18.0. The zero-order valence-electron chi connectivity index (χ0n) is 16.6. The van der Waals surface area contributed by atoms with Crippen molar-refractivity contribution in [2.24, 2.45) is 0 Å². The number of nitrogens with one attached hydrogen (secondary N) is 2. The SMILES string of the molecule is COC(=O)c1ccccc1NC(=O)N1CCc2c(nc(-c3ccc(F)cc3)[nH]c2=O)C1. The maximum absolute atomic E-state index is 13.2. The van der Waals surface area contributed by atoms with Crippen LogP contribution in [0.15, 0.2) is 53.3 Å². The Bertz CT molecular complexity index is 1210. The molecule has 0 fully saturated rings. The van der Waals surface area contributed by atoms with Crippen molar-refractivity contribution in [1.82, 2.24) is 14.9 Å². The number of nitrogens with zero attached hydrogens (tertiary/aromatic N) is 2. The van der Waals surface area contributed by atoms with Gasteiger partial charge in [-0.25, -0.2) is 19.0 Å². The molecular weight excluding hydrogens is 403 g/mol. The molecule has 1 aliphatic heterocycles. The minimum atomic E-state index is -0.558. The number of rotatable bonds is 3. The molecule has 2 amide bonds. The first-order chi connectivity index (χ1) is 15.0. The van der Waals surface area contributed by atoms with E-state index in [2.05, 4.69) is 15.3 Å². The first-order valence-corrected chi connectivity index (χ1v) is 9.57. The highest BCUT2D eigenvalue weighted by atomic mass is 19.1. The summed E-state index contributed by atoms with van der Waals surface area (Å²) in [7, 11) is 1.27. The predicted octanol–water partition coefficient (Wildman–Crippen LogP) is 2.95. The Kier molecular flexibility index (Phi) is 5.48. The zero-order valence-corrected chi connectivity index (χ0v) is 16.6. The standard InChI is InChI=1S/C22H19FN4O4/c1-31-21(29)16-4-2-3-5-17(16)25-22(30)27-11-10-15-18(12-27)24-19(26-20(15)28)13-6-8-14(23)9-7-13/h2-9H,10-12H2,1H3,(H,25,30)(H,24,26,28). The van der Waals surface area contributed by atoms with Crippen LogP contribution in [-0.4, -0.2) is 40.5 Å². The topological polar surface area (TPSA) is 104 Å². The van der Waals surface area contributed by atoms with Crippen LogP contribution in [0.1, 0.15) is 21.6 Å². The van der Waals surface area contributed by atoms with E-state index >= 15 is 0 Å². The van der Waals surface area contributed by atoms with Crippen molar-refractivity contribution >= 4 is 17.7 Å². The predicted molar refractivity (Wildman–Crippen MR) is 111 cm³/mol. The molecule has 31 heavy (non-hydrogen) atoms. The number of carbonyl (C=O) groups is 2. The summed E-state index contributed by atoms with van der Waals surface area (Å²) in [5.74, 6) is -0.641. The van der Waals surface area contributed by atoms with Gasteiger partial charge in [-0.1, -0.05) is 12.1 Å². The third-order valence-electron chi connectivity index (χ3n) is 5.05. The summed E-state index contributed by atoms with van der Waals surface area (Å²) in [5, 5.41) is 2.72. The maximum atomic E-state index is 13.2. The summed E-state index contributed by atoms with van der Waals surface area (Å²) in [5.41, 5.74) is 1.85. The minimum Gasteiger partial charge on any atom is -0.465 e. The normalized spacial score (nSPS) is 12.8. The Hall–Kier alpha value is -4.01. The van der Waals surface area contributed by atoms with Crippen molar-refractivity contribution in [2.75, 3.05) is 19.0 Å². The van der Waals surface area contributed by atoms with Crippen LogP contribution < -0.4 is 10.9 Å². The highest BCUT2D eigenvalue weighted by molar-refractivity contribution is 6.00. The quantitative estimate of drug-likeness (QED) is 0.632. The van der Waals surface area contributed by atoms with Gasteiger partial charge in [0.1, 0.15) is 11.6 Å². The number of hydrogen-bond acceptors (Lipinski definition) is 5. The van der Waals surface area contributed by atoms with Gasteiger partial charge in [0.2, 0.25) is 0 Å². The van der Waals surface area contributed by atoms with E-state index in [0.717, 1.165) is 0 Å². The van der Waals surface area contributed by atoms with E-state index in [0.29, 0.717) is 41.3 Å². The molecule has 158 valence electrons. The van der Waals surface area contributed by atoms with Gasteiger partial charge in [0.25, 0.3) is 5.56 Å². The fraction of sp³-hybridized carbons (Fsp3) is 0.182. The third kappa shape index (κ3) is 4.16. The minimum absolute atomic E-state index is 0.125. The van der Waals surface area contributed by atoms with Gasteiger partial charge in [-0.3, -0.25) is 4.79 Å². The number of ether oxygens (including phenoxy) is 1. The van der Waals surface area contributed by atoms with Crippen LogP contribution in [0.3, 0.4) is 0 Å². The highest BCUT2D eigenvalue weighted by Gasteiger charge is 2.25. The molecule has 2 N–H and O–H groups in total. The molecule has 0 unspecified atom stereocenters. The molecular formula is C22H19FN4O4. The molecule has 4 rings (SSSR count). The smallest absolute Gasteiger partial charge is 0.339 e. The van der Waals surface area contributed by atoms with E-state index in [-0.39, 0.29) is 23.5 Å². The lowest BCUT2D eigenvalue weighted by Crippen LogP contribution is -2.41. The molecule has 0 saturated heterocycles. The van der Waals surface area contributed by atoms with Gasteiger partial charge < -0.3 is 19.9 Å². The van der Waals surface area contributed by atoms with E-state index in [1.165, 1.54) is 36.3 Å². The van der Waals surface area contributed by atoms with E-state index in [9.17, 15) is 18.8 Å². The number of carbonyl (C=O) groups excluding carboxylic acids is 2. The maximum Gasteiger partial charge on any atom is 0.339 e. The van der Waals surface area contributed by atoms with Gasteiger partial charge in [-0.15, -0.1) is 0 Å². The largest absolute Gasteiger partial charge is 0.465 e. The van der Waals surface area contributed by atoms with E-state index in [1.54, 1.807) is 24.3 Å². The average Bonchev–Trinajstić information content (AvgIpc) is 2.79. The number of methoxy groups -OCH3 is 1. The van der Waals surface area contributed by atoms with Crippen molar-refractivity contribution in [3.63, 3.8) is 0 Å². The summed E-state index contributed by atoms with van der Waals surface area (Å²) in [6, 6.07) is 11.7. The highest BCUT2D eigenvalue weighted by Crippen LogP contribution is 2.21. The fourth-order valence-electron chi connectivity index (χ4n) is 3.43. The van der Waals surface area contributed by atoms with E-state index in [4.69, 9.17) is 4.74 Å². The number of H-pyrrole nitrogens is 1. The van der Waals surface area contributed by atoms with Crippen molar-refractivity contribution in [2.45, 2.75) is 13.0 Å². The summed E-state index contributed by atoms with van der Waals surface area (Å²) in [6.07, 6.45) is 0.341. The number of halogens is 1. The zero-order chi connectivity index (χ0) is 22.0. The van der Waals surface area contributed by atoms with E-state index in [1.807, 2.05) is 0 Å². The third-order valence-corrected chi connectivity index (χ3v) is 5.05. The van der Waals surface area contributed by atoms with Crippen LogP contribution in [-0.2, 0) is 17.7 Å². The molecule has 8 nitrogen and oxygen atoms in total. The molecule has 0 bridgehead atoms. The number of aromatic nitrogens is 2. The first-order valence-electron chi connectivity index (χ1n) is 9.57. The molecule has 0 aliphatic carbocycles. The molecule has 9 heteroatoms. The van der Waals surface area contributed by atoms with Crippen LogP contribution in [0, 0.1) is 5.82 Å². The Balaban J connectivity index is 1.57. The lowest BCUT2D eigenvalue weighted by Gasteiger charge is -2.28. The molecule has 0 radical (unpaired) electrons. The van der Waals surface area contributed by atoms with Crippen molar-refractivity contribution < 1.29 is 18.7 Å². The Morgan fingerprint density at radius 1 is 1.16 bits per heavy atom. The molecule has 2 heterocycles. The number of anilines is 1. The van der Waals surface area contributed by atoms with E-state index < -0.39 is 12.0 Å². The number of fused-ring (bicyclic) bond motifs is 1. The molecule has 3 aromatic rings. The van der Waals surface area contributed by atoms with Crippen LogP contribution in [0.2, 0.25) is 0 Å². The number of esters is 1. The Morgan fingerprint density at radius 2 is 1.90 bits per heavy atom. The second kappa shape index (κ2) is 8.39. The molecule has 1 aliphatic rings. The van der Waals surface area contributed by atoms with Crippen LogP contribution in [0.5, 0.6) is 0 Å². The molecule has 0 saturated carbocycles. The Morgan fingerprint density at radius 3 is 2.65 bits per heavy atom. The van der Waals surface area contributed by atoms with Gasteiger partial charge in [0.15, 0.2) is 0 Å². The molecule has 0 spiro atoms. The van der Waals surface area contributed by atoms with Crippen LogP contribution >= 0.6 is 0 Å². The number of aromatic amines is 1. The summed E-state index contributed by atoms with van der Waals surface area (Å²) in [6.45, 7) is 0.444. The number of amides is 2. The lowest BCUT2D eigenvalue weighted by molar-refractivity contribution is 0.0602.